The Kier molecular flexibility index (Phi) is 5.63. The highest BCUT2D eigenvalue weighted by Gasteiger charge is 2.29. The summed E-state index contributed by atoms with van der Waals surface area (Å²) in [5.74, 6) is 0.603. The Morgan fingerprint density at radius 2 is 2.07 bits per heavy atom. The van der Waals surface area contributed by atoms with Crippen LogP contribution in [0, 0.1) is 10.1 Å². The number of nitrogens with one attached hydrogen (secondary N) is 1. The number of aromatic amines is 1. The molecule has 1 aliphatic rings. The molecule has 0 unspecified atom stereocenters. The molecule has 11 heteroatoms. The summed E-state index contributed by atoms with van der Waals surface area (Å²) in [5.41, 5.74) is 1.24. The lowest BCUT2D eigenvalue weighted by Crippen LogP contribution is -2.44. The summed E-state index contributed by atoms with van der Waals surface area (Å²) in [6, 6.07) is 4.50. The summed E-state index contributed by atoms with van der Waals surface area (Å²) in [5, 5.41) is 10.9. The molecule has 27 heavy (non-hydrogen) atoms. The maximum absolute atomic E-state index is 12.7. The predicted molar refractivity (Wildman–Crippen MR) is 103 cm³/mol. The lowest BCUT2D eigenvalue weighted by Gasteiger charge is -2.26. The largest absolute Gasteiger partial charge is 0.341 e. The van der Waals surface area contributed by atoms with Crippen molar-refractivity contribution in [2.75, 3.05) is 44.7 Å². The molecule has 1 N–H and O–H groups in total. The molecule has 3 rings (SSSR count). The zero-order valence-corrected chi connectivity index (χ0v) is 16.3. The van der Waals surface area contributed by atoms with Crippen LogP contribution in [-0.4, -0.2) is 71.7 Å². The van der Waals surface area contributed by atoms with Crippen LogP contribution in [0.25, 0.3) is 11.0 Å². The first kappa shape index (κ1) is 19.5. The van der Waals surface area contributed by atoms with Crippen molar-refractivity contribution in [1.82, 2.24) is 18.6 Å². The van der Waals surface area contributed by atoms with Crippen molar-refractivity contribution in [3.8, 4) is 0 Å². The fourth-order valence-corrected chi connectivity index (χ4v) is 4.69. The van der Waals surface area contributed by atoms with E-state index < -0.39 is 15.1 Å². The van der Waals surface area contributed by atoms with Crippen LogP contribution in [-0.2, 0) is 10.2 Å². The van der Waals surface area contributed by atoms with E-state index in [0.29, 0.717) is 56.1 Å². The number of nitro groups is 1. The molecule has 0 atom stereocenters. The van der Waals surface area contributed by atoms with Crippen molar-refractivity contribution in [2.45, 2.75) is 19.8 Å². The minimum atomic E-state index is -3.46. The maximum Gasteiger partial charge on any atom is 0.281 e. The molecule has 148 valence electrons. The summed E-state index contributed by atoms with van der Waals surface area (Å²) in [7, 11) is -1.85. The van der Waals surface area contributed by atoms with Crippen LogP contribution in [0.1, 0.15) is 19.8 Å². The molecule has 1 aromatic carbocycles. The Labute approximate surface area is 158 Å². The normalized spacial score (nSPS) is 16.8. The van der Waals surface area contributed by atoms with Gasteiger partial charge < -0.3 is 9.88 Å². The number of rotatable bonds is 6. The van der Waals surface area contributed by atoms with Gasteiger partial charge in [0.05, 0.1) is 16.0 Å². The molecule has 0 amide bonds. The lowest BCUT2D eigenvalue weighted by atomic mass is 10.3. The number of anilines is 1. The fourth-order valence-electron chi connectivity index (χ4n) is 3.21. The molecule has 0 spiro atoms. The minimum Gasteiger partial charge on any atom is -0.341 e. The summed E-state index contributed by atoms with van der Waals surface area (Å²) in [4.78, 5) is 20.1. The number of aromatic nitrogens is 2. The van der Waals surface area contributed by atoms with E-state index >= 15 is 0 Å². The van der Waals surface area contributed by atoms with Crippen LogP contribution in [0.5, 0.6) is 0 Å². The van der Waals surface area contributed by atoms with Gasteiger partial charge in [0.15, 0.2) is 0 Å². The average molecular weight is 396 g/mol. The van der Waals surface area contributed by atoms with Crippen molar-refractivity contribution in [2.24, 2.45) is 0 Å². The lowest BCUT2D eigenvalue weighted by molar-refractivity contribution is -0.384. The number of nitro benzene ring substituents is 1. The second-order valence-corrected chi connectivity index (χ2v) is 8.62. The van der Waals surface area contributed by atoms with E-state index in [4.69, 9.17) is 0 Å². The van der Waals surface area contributed by atoms with Gasteiger partial charge in [-0.05, 0) is 18.9 Å². The van der Waals surface area contributed by atoms with Crippen molar-refractivity contribution in [1.29, 1.82) is 0 Å². The minimum absolute atomic E-state index is 0.00444. The molecule has 1 aliphatic heterocycles. The molecule has 1 aromatic heterocycles. The summed E-state index contributed by atoms with van der Waals surface area (Å²) < 4.78 is 28.2. The molecule has 0 bridgehead atoms. The van der Waals surface area contributed by atoms with Gasteiger partial charge in [-0.15, -0.1) is 0 Å². The van der Waals surface area contributed by atoms with Crippen molar-refractivity contribution in [3.05, 3.63) is 28.3 Å². The van der Waals surface area contributed by atoms with E-state index in [1.165, 1.54) is 20.7 Å². The number of non-ortho nitro benzene ring substituents is 1. The van der Waals surface area contributed by atoms with Gasteiger partial charge >= 0.3 is 0 Å². The summed E-state index contributed by atoms with van der Waals surface area (Å²) in [6.07, 6.45) is 1.44. The van der Waals surface area contributed by atoms with E-state index in [-0.39, 0.29) is 5.69 Å². The Morgan fingerprint density at radius 3 is 2.78 bits per heavy atom. The van der Waals surface area contributed by atoms with Gasteiger partial charge in [-0.3, -0.25) is 10.1 Å². The zero-order chi connectivity index (χ0) is 19.6. The third kappa shape index (κ3) is 4.04. The standard InChI is InChI=1S/C16H24N6O4S/c1-3-7-19(2)27(25,26)21-9-4-8-20(10-11-21)16-17-14-6-5-13(22(23)24)12-15(14)18-16/h5-6,12H,3-4,7-11H2,1-2H3,(H,17,18). The van der Waals surface area contributed by atoms with Crippen molar-refractivity contribution < 1.29 is 13.3 Å². The first-order chi connectivity index (χ1) is 12.8. The molecule has 2 aromatic rings. The van der Waals surface area contributed by atoms with Gasteiger partial charge in [0, 0.05) is 51.9 Å². The number of hydrogen-bond acceptors (Lipinski definition) is 6. The Balaban J connectivity index is 1.76. The molecule has 0 aliphatic carbocycles. The van der Waals surface area contributed by atoms with E-state index in [2.05, 4.69) is 9.97 Å². The van der Waals surface area contributed by atoms with Crippen LogP contribution in [0.2, 0.25) is 0 Å². The van der Waals surface area contributed by atoms with Gasteiger partial charge in [-0.1, -0.05) is 6.92 Å². The first-order valence-electron chi connectivity index (χ1n) is 8.93. The van der Waals surface area contributed by atoms with Crippen LogP contribution >= 0.6 is 0 Å². The fraction of sp³-hybridized carbons (Fsp3) is 0.562. The molecule has 1 fully saturated rings. The quantitative estimate of drug-likeness (QED) is 0.585. The molecule has 10 nitrogen and oxygen atoms in total. The Bertz CT molecular complexity index is 928. The number of hydrogen-bond donors (Lipinski definition) is 1. The van der Waals surface area contributed by atoms with E-state index in [0.717, 1.165) is 6.42 Å². The zero-order valence-electron chi connectivity index (χ0n) is 15.5. The highest BCUT2D eigenvalue weighted by molar-refractivity contribution is 7.86. The molecule has 0 radical (unpaired) electrons. The van der Waals surface area contributed by atoms with Crippen molar-refractivity contribution >= 4 is 32.9 Å². The van der Waals surface area contributed by atoms with Crippen LogP contribution < -0.4 is 4.90 Å². The van der Waals surface area contributed by atoms with Gasteiger partial charge in [0.1, 0.15) is 0 Å². The SMILES string of the molecule is CCCN(C)S(=O)(=O)N1CCCN(c2nc3ccc([N+](=O)[O-])cc3[nH]2)CC1. The second-order valence-electron chi connectivity index (χ2n) is 6.59. The molecule has 0 saturated carbocycles. The van der Waals surface area contributed by atoms with Gasteiger partial charge in [-0.2, -0.15) is 17.0 Å². The molecular weight excluding hydrogens is 372 g/mol. The Hall–Kier alpha value is -2.24. The second kappa shape index (κ2) is 7.79. The van der Waals surface area contributed by atoms with E-state index in [1.807, 2.05) is 11.8 Å². The highest BCUT2D eigenvalue weighted by Crippen LogP contribution is 2.23. The van der Waals surface area contributed by atoms with Crippen molar-refractivity contribution in [3.63, 3.8) is 0 Å². The molecular formula is C16H24N6O4S. The smallest absolute Gasteiger partial charge is 0.281 e. The number of benzene rings is 1. The summed E-state index contributed by atoms with van der Waals surface area (Å²) >= 11 is 0. The third-order valence-corrected chi connectivity index (χ3v) is 6.66. The van der Waals surface area contributed by atoms with Crippen LogP contribution in [0.4, 0.5) is 11.6 Å². The van der Waals surface area contributed by atoms with Crippen LogP contribution in [0.3, 0.4) is 0 Å². The average Bonchev–Trinajstić information content (AvgIpc) is 2.88. The maximum atomic E-state index is 12.7. The van der Waals surface area contributed by atoms with Gasteiger partial charge in [0.2, 0.25) is 5.95 Å². The number of nitrogens with zero attached hydrogens (tertiary/aromatic N) is 5. The Morgan fingerprint density at radius 1 is 1.30 bits per heavy atom. The number of H-pyrrole nitrogens is 1. The summed E-state index contributed by atoms with van der Waals surface area (Å²) in [6.45, 7) is 4.42. The number of imidazole rings is 1. The third-order valence-electron chi connectivity index (χ3n) is 4.68. The van der Waals surface area contributed by atoms with Crippen LogP contribution in [0.15, 0.2) is 18.2 Å². The number of fused-ring (bicyclic) bond motifs is 1. The van der Waals surface area contributed by atoms with E-state index in [1.54, 1.807) is 13.1 Å². The molecule has 1 saturated heterocycles. The van der Waals surface area contributed by atoms with Gasteiger partial charge in [0.25, 0.3) is 15.9 Å². The first-order valence-corrected chi connectivity index (χ1v) is 10.3. The monoisotopic (exact) mass is 396 g/mol. The topological polar surface area (TPSA) is 116 Å². The van der Waals surface area contributed by atoms with E-state index in [9.17, 15) is 18.5 Å². The predicted octanol–water partition coefficient (Wildman–Crippen LogP) is 1.57. The van der Waals surface area contributed by atoms with Gasteiger partial charge in [-0.25, -0.2) is 4.98 Å². The molecule has 2 heterocycles. The highest BCUT2D eigenvalue weighted by atomic mass is 32.2.